The molecular weight excluding hydrogens is 168 g/mol. The minimum atomic E-state index is 1.06. The van der Waals surface area contributed by atoms with E-state index in [2.05, 4.69) is 37.4 Å². The van der Waals surface area contributed by atoms with Crippen molar-refractivity contribution in [3.8, 4) is 0 Å². The fourth-order valence-electron chi connectivity index (χ4n) is 1.15. The zero-order chi connectivity index (χ0) is 10.6. The lowest BCUT2D eigenvalue weighted by molar-refractivity contribution is 1.54. The van der Waals surface area contributed by atoms with Crippen molar-refractivity contribution >= 4 is 11.6 Å². The second-order valence-electron chi connectivity index (χ2n) is 3.59. The smallest absolute Gasteiger partial charge is 0.0227 e. The van der Waals surface area contributed by atoms with E-state index in [1.807, 2.05) is 26.0 Å². The summed E-state index contributed by atoms with van der Waals surface area (Å²) in [5.41, 5.74) is 4.53. The van der Waals surface area contributed by atoms with Gasteiger partial charge in [0.2, 0.25) is 0 Å². The van der Waals surface area contributed by atoms with Crippen LogP contribution in [-0.4, -0.2) is 0 Å². The van der Waals surface area contributed by atoms with Gasteiger partial charge in [-0.2, -0.15) is 0 Å². The minimum absolute atomic E-state index is 1.06. The van der Waals surface area contributed by atoms with Crippen molar-refractivity contribution in [2.24, 2.45) is 0 Å². The molecule has 72 valence electrons. The molecule has 0 bridgehead atoms. The molecule has 0 aromatic heterocycles. The van der Waals surface area contributed by atoms with Gasteiger partial charge in [0, 0.05) is 0 Å². The largest absolute Gasteiger partial charge is 0.0961 e. The second-order valence-corrected chi connectivity index (χ2v) is 3.59. The maximum Gasteiger partial charge on any atom is -0.0227 e. The van der Waals surface area contributed by atoms with Crippen molar-refractivity contribution in [2.75, 3.05) is 0 Å². The molecule has 14 heavy (non-hydrogen) atoms. The van der Waals surface area contributed by atoms with Gasteiger partial charge in [0.25, 0.3) is 0 Å². The summed E-state index contributed by atoms with van der Waals surface area (Å²) in [6.07, 6.45) is 4.08. The van der Waals surface area contributed by atoms with E-state index in [9.17, 15) is 0 Å². The van der Waals surface area contributed by atoms with Crippen LogP contribution < -0.4 is 0 Å². The summed E-state index contributed by atoms with van der Waals surface area (Å²) in [5, 5.41) is 0. The van der Waals surface area contributed by atoms with Crippen LogP contribution in [0.15, 0.2) is 49.1 Å². The highest BCUT2D eigenvalue weighted by Gasteiger charge is 1.92. The topological polar surface area (TPSA) is 0 Å². The Bertz CT molecular complexity index is 381. The molecule has 0 aliphatic rings. The van der Waals surface area contributed by atoms with E-state index in [1.165, 1.54) is 11.1 Å². The third kappa shape index (κ3) is 3.06. The SMILES string of the molecule is C=C(C)/C=C/c1cccc(C(=C)C)c1. The predicted molar refractivity (Wildman–Crippen MR) is 65.0 cm³/mol. The number of rotatable bonds is 3. The molecule has 0 atom stereocenters. The van der Waals surface area contributed by atoms with Crippen molar-refractivity contribution < 1.29 is 0 Å². The molecule has 0 spiro atoms. The maximum atomic E-state index is 3.92. The fourth-order valence-corrected chi connectivity index (χ4v) is 1.15. The van der Waals surface area contributed by atoms with E-state index in [0.717, 1.165) is 11.1 Å². The first-order valence-electron chi connectivity index (χ1n) is 4.69. The lowest BCUT2D eigenvalue weighted by Crippen LogP contribution is -1.79. The van der Waals surface area contributed by atoms with Gasteiger partial charge in [-0.05, 0) is 31.0 Å². The van der Waals surface area contributed by atoms with Crippen LogP contribution in [-0.2, 0) is 0 Å². The van der Waals surface area contributed by atoms with Crippen LogP contribution >= 0.6 is 0 Å². The Morgan fingerprint density at radius 3 is 2.50 bits per heavy atom. The number of hydrogen-bond acceptors (Lipinski definition) is 0. The van der Waals surface area contributed by atoms with Gasteiger partial charge in [-0.15, -0.1) is 0 Å². The summed E-state index contributed by atoms with van der Waals surface area (Å²) in [6.45, 7) is 11.7. The molecule has 1 rings (SSSR count). The highest BCUT2D eigenvalue weighted by molar-refractivity contribution is 5.65. The molecule has 0 radical (unpaired) electrons. The molecule has 0 fully saturated rings. The molecule has 1 aromatic carbocycles. The summed E-state index contributed by atoms with van der Waals surface area (Å²) in [7, 11) is 0. The third-order valence-corrected chi connectivity index (χ3v) is 1.94. The maximum absolute atomic E-state index is 3.92. The Morgan fingerprint density at radius 1 is 1.21 bits per heavy atom. The summed E-state index contributed by atoms with van der Waals surface area (Å²) >= 11 is 0. The van der Waals surface area contributed by atoms with Gasteiger partial charge < -0.3 is 0 Å². The molecule has 0 aliphatic carbocycles. The molecular formula is C14H16. The van der Waals surface area contributed by atoms with Gasteiger partial charge in [0.05, 0.1) is 0 Å². The summed E-state index contributed by atoms with van der Waals surface area (Å²) in [4.78, 5) is 0. The minimum Gasteiger partial charge on any atom is -0.0961 e. The van der Waals surface area contributed by atoms with Crippen molar-refractivity contribution in [1.82, 2.24) is 0 Å². The molecule has 0 heterocycles. The molecule has 0 aliphatic heterocycles. The molecule has 0 unspecified atom stereocenters. The Balaban J connectivity index is 2.94. The van der Waals surface area contributed by atoms with Gasteiger partial charge in [0.1, 0.15) is 0 Å². The quantitative estimate of drug-likeness (QED) is 0.614. The average molecular weight is 184 g/mol. The summed E-state index contributed by atoms with van der Waals surface area (Å²) < 4.78 is 0. The van der Waals surface area contributed by atoms with Crippen LogP contribution in [0.1, 0.15) is 25.0 Å². The van der Waals surface area contributed by atoms with E-state index >= 15 is 0 Å². The molecule has 0 heteroatoms. The van der Waals surface area contributed by atoms with Crippen molar-refractivity contribution in [1.29, 1.82) is 0 Å². The molecule has 1 aromatic rings. The predicted octanol–water partition coefficient (Wildman–Crippen LogP) is 4.31. The van der Waals surface area contributed by atoms with E-state index in [-0.39, 0.29) is 0 Å². The van der Waals surface area contributed by atoms with Gasteiger partial charge >= 0.3 is 0 Å². The first-order chi connectivity index (χ1) is 6.59. The summed E-state index contributed by atoms with van der Waals surface area (Å²) in [6, 6.07) is 8.32. The van der Waals surface area contributed by atoms with Gasteiger partial charge in [-0.25, -0.2) is 0 Å². The van der Waals surface area contributed by atoms with Crippen molar-refractivity contribution in [3.63, 3.8) is 0 Å². The van der Waals surface area contributed by atoms with Crippen LogP contribution in [0.2, 0.25) is 0 Å². The van der Waals surface area contributed by atoms with E-state index in [1.54, 1.807) is 0 Å². The van der Waals surface area contributed by atoms with Crippen LogP contribution in [0.25, 0.3) is 11.6 Å². The average Bonchev–Trinajstić information content (AvgIpc) is 2.15. The second kappa shape index (κ2) is 4.61. The Kier molecular flexibility index (Phi) is 3.47. The van der Waals surface area contributed by atoms with E-state index in [4.69, 9.17) is 0 Å². The van der Waals surface area contributed by atoms with Crippen LogP contribution in [0.4, 0.5) is 0 Å². The molecule has 0 nitrogen and oxygen atoms in total. The lowest BCUT2D eigenvalue weighted by atomic mass is 10.1. The van der Waals surface area contributed by atoms with Crippen LogP contribution in [0.5, 0.6) is 0 Å². The monoisotopic (exact) mass is 184 g/mol. The third-order valence-electron chi connectivity index (χ3n) is 1.94. The standard InChI is InChI=1S/C14H16/c1-11(2)8-9-13-6-5-7-14(10-13)12(3)4/h5-10H,1,3H2,2,4H3/b9-8+. The van der Waals surface area contributed by atoms with Crippen LogP contribution in [0, 0.1) is 0 Å². The molecule has 0 N–H and O–H groups in total. The van der Waals surface area contributed by atoms with Crippen molar-refractivity contribution in [2.45, 2.75) is 13.8 Å². The number of allylic oxidation sites excluding steroid dienone is 3. The zero-order valence-corrected chi connectivity index (χ0v) is 8.88. The van der Waals surface area contributed by atoms with Gasteiger partial charge in [-0.3, -0.25) is 0 Å². The van der Waals surface area contributed by atoms with Crippen LogP contribution in [0.3, 0.4) is 0 Å². The first kappa shape index (κ1) is 10.5. The highest BCUT2D eigenvalue weighted by Crippen LogP contribution is 2.14. The zero-order valence-electron chi connectivity index (χ0n) is 8.88. The Morgan fingerprint density at radius 2 is 1.93 bits per heavy atom. The van der Waals surface area contributed by atoms with Gasteiger partial charge in [-0.1, -0.05) is 54.7 Å². The number of hydrogen-bond donors (Lipinski definition) is 0. The Labute approximate surface area is 86.3 Å². The fraction of sp³-hybridized carbons (Fsp3) is 0.143. The lowest BCUT2D eigenvalue weighted by Gasteiger charge is -2.00. The highest BCUT2D eigenvalue weighted by atomic mass is 14.0. The first-order valence-corrected chi connectivity index (χ1v) is 4.69. The molecule has 0 amide bonds. The van der Waals surface area contributed by atoms with E-state index < -0.39 is 0 Å². The van der Waals surface area contributed by atoms with Crippen molar-refractivity contribution in [3.05, 3.63) is 60.2 Å². The Hall–Kier alpha value is -1.56. The van der Waals surface area contributed by atoms with E-state index in [0.29, 0.717) is 0 Å². The van der Waals surface area contributed by atoms with Gasteiger partial charge in [0.15, 0.2) is 0 Å². The normalized spacial score (nSPS) is 10.4. The number of benzene rings is 1. The summed E-state index contributed by atoms with van der Waals surface area (Å²) in [5.74, 6) is 0. The molecule has 0 saturated carbocycles. The molecule has 0 saturated heterocycles.